The molecule has 26 heavy (non-hydrogen) atoms. The van der Waals surface area contributed by atoms with Gasteiger partial charge in [-0.15, -0.1) is 0 Å². The normalized spacial score (nSPS) is 28.6. The Morgan fingerprint density at radius 2 is 2.00 bits per heavy atom. The highest BCUT2D eigenvalue weighted by molar-refractivity contribution is 6.23. The summed E-state index contributed by atoms with van der Waals surface area (Å²) in [4.78, 5) is 34.3. The van der Waals surface area contributed by atoms with Crippen LogP contribution in [0.4, 0.5) is 4.79 Å². The second kappa shape index (κ2) is 7.42. The Morgan fingerprint density at radius 1 is 1.27 bits per heavy atom. The van der Waals surface area contributed by atoms with Gasteiger partial charge in [0, 0.05) is 20.1 Å². The van der Waals surface area contributed by atoms with Crippen molar-refractivity contribution in [3.8, 4) is 0 Å². The SMILES string of the molecule is CC1CCCCN1CC1=[N+](CC(O)CO)C2C(=O)N(C)C(=O)N(C)C2=N1. The lowest BCUT2D eigenvalue weighted by molar-refractivity contribution is -0.545. The number of carbonyl (C=O) groups excluding carboxylic acids is 2. The van der Waals surface area contributed by atoms with E-state index in [2.05, 4.69) is 16.8 Å². The van der Waals surface area contributed by atoms with E-state index in [0.717, 1.165) is 24.3 Å². The second-order valence-corrected chi connectivity index (χ2v) is 7.33. The van der Waals surface area contributed by atoms with Crippen molar-refractivity contribution in [2.24, 2.45) is 4.99 Å². The van der Waals surface area contributed by atoms with Gasteiger partial charge < -0.3 is 10.2 Å². The van der Waals surface area contributed by atoms with Crippen LogP contribution in [0.2, 0.25) is 0 Å². The van der Waals surface area contributed by atoms with Crippen LogP contribution in [0.25, 0.3) is 0 Å². The van der Waals surface area contributed by atoms with Crippen LogP contribution in [-0.4, -0.2) is 112 Å². The van der Waals surface area contributed by atoms with Crippen LogP contribution in [0.5, 0.6) is 0 Å². The molecule has 0 spiro atoms. The van der Waals surface area contributed by atoms with E-state index in [1.54, 1.807) is 11.6 Å². The molecule has 3 unspecified atom stereocenters. The number of aliphatic hydroxyl groups excluding tert-OH is 2. The standard InChI is InChI=1S/C17H28N5O4/c1-11-6-4-5-7-21(11)9-13-18-15-14(22(13)8-12(24)10-23)16(25)20(3)17(26)19(15)2/h11-12,14,23-24H,4-10H2,1-3H3/q+1. The third-order valence-electron chi connectivity index (χ3n) is 5.52. The third kappa shape index (κ3) is 3.26. The van der Waals surface area contributed by atoms with Crippen molar-refractivity contribution in [2.45, 2.75) is 44.4 Å². The van der Waals surface area contributed by atoms with E-state index in [1.165, 1.54) is 18.4 Å². The first-order chi connectivity index (χ1) is 12.3. The number of fused-ring (bicyclic) bond motifs is 1. The minimum atomic E-state index is -0.987. The van der Waals surface area contributed by atoms with Gasteiger partial charge in [0.25, 0.3) is 17.8 Å². The predicted molar refractivity (Wildman–Crippen MR) is 95.3 cm³/mol. The maximum atomic E-state index is 12.7. The van der Waals surface area contributed by atoms with Crippen molar-refractivity contribution in [1.82, 2.24) is 14.7 Å². The molecule has 0 bridgehead atoms. The first-order valence-corrected chi connectivity index (χ1v) is 9.14. The fraction of sp³-hybridized carbons (Fsp3) is 0.765. The van der Waals surface area contributed by atoms with Crippen LogP contribution in [0.15, 0.2) is 4.99 Å². The van der Waals surface area contributed by atoms with Crippen LogP contribution in [-0.2, 0) is 4.79 Å². The van der Waals surface area contributed by atoms with Crippen LogP contribution >= 0.6 is 0 Å². The predicted octanol–water partition coefficient (Wildman–Crippen LogP) is -1.07. The minimum Gasteiger partial charge on any atom is -0.394 e. The topological polar surface area (TPSA) is 99.7 Å². The number of β-amino-alcohol motifs (C(OH)–C–C–N with tert-alkyl or cyclic N) is 1. The molecule has 3 heterocycles. The summed E-state index contributed by atoms with van der Waals surface area (Å²) in [5, 5.41) is 19.2. The number of likely N-dealkylation sites (N-methyl/N-ethyl adjacent to an activating group) is 2. The number of aliphatic imine (C=N–C) groups is 1. The smallest absolute Gasteiger partial charge is 0.333 e. The summed E-state index contributed by atoms with van der Waals surface area (Å²) in [5.41, 5.74) is 0. The average molecular weight is 366 g/mol. The lowest BCUT2D eigenvalue weighted by Crippen LogP contribution is -2.62. The van der Waals surface area contributed by atoms with Crippen molar-refractivity contribution in [3.63, 3.8) is 0 Å². The molecule has 3 aliphatic heterocycles. The molecule has 9 heteroatoms. The molecule has 2 saturated heterocycles. The van der Waals surface area contributed by atoms with Crippen molar-refractivity contribution < 1.29 is 24.4 Å². The quantitative estimate of drug-likeness (QED) is 0.604. The summed E-state index contributed by atoms with van der Waals surface area (Å²) in [6.45, 7) is 3.38. The van der Waals surface area contributed by atoms with Gasteiger partial charge in [0.1, 0.15) is 19.2 Å². The number of aliphatic hydroxyl groups is 2. The maximum Gasteiger partial charge on any atom is 0.333 e. The van der Waals surface area contributed by atoms with Crippen molar-refractivity contribution >= 4 is 23.6 Å². The molecule has 0 radical (unpaired) electrons. The molecule has 3 atom stereocenters. The Kier molecular flexibility index (Phi) is 5.40. The number of nitrogens with zero attached hydrogens (tertiary/aromatic N) is 5. The number of likely N-dealkylation sites (tertiary alicyclic amines) is 1. The van der Waals surface area contributed by atoms with E-state index in [1.807, 2.05) is 0 Å². The number of hydrogen-bond acceptors (Lipinski definition) is 6. The first kappa shape index (κ1) is 18.9. The van der Waals surface area contributed by atoms with E-state index in [4.69, 9.17) is 0 Å². The number of amidine groups is 2. The van der Waals surface area contributed by atoms with Crippen molar-refractivity contribution in [2.75, 3.05) is 40.3 Å². The number of urea groups is 1. The van der Waals surface area contributed by atoms with E-state index < -0.39 is 24.8 Å². The Morgan fingerprint density at radius 3 is 2.65 bits per heavy atom. The lowest BCUT2D eigenvalue weighted by Gasteiger charge is -2.32. The van der Waals surface area contributed by atoms with Crippen molar-refractivity contribution in [3.05, 3.63) is 0 Å². The minimum absolute atomic E-state index is 0.0906. The monoisotopic (exact) mass is 366 g/mol. The zero-order valence-electron chi connectivity index (χ0n) is 15.6. The summed E-state index contributed by atoms with van der Waals surface area (Å²) < 4.78 is 1.74. The Hall–Kier alpha value is -1.84. The first-order valence-electron chi connectivity index (χ1n) is 9.14. The zero-order chi connectivity index (χ0) is 19.0. The van der Waals surface area contributed by atoms with Crippen molar-refractivity contribution in [1.29, 1.82) is 0 Å². The van der Waals surface area contributed by atoms with Gasteiger partial charge in [0.2, 0.25) is 0 Å². The Balaban J connectivity index is 1.94. The van der Waals surface area contributed by atoms with Gasteiger partial charge in [-0.25, -0.2) is 9.37 Å². The highest BCUT2D eigenvalue weighted by Gasteiger charge is 2.53. The maximum absolute atomic E-state index is 12.7. The molecule has 9 nitrogen and oxygen atoms in total. The third-order valence-corrected chi connectivity index (χ3v) is 5.52. The van der Waals surface area contributed by atoms with Gasteiger partial charge in [0.15, 0.2) is 0 Å². The molecule has 0 aromatic carbocycles. The zero-order valence-corrected chi connectivity index (χ0v) is 15.6. The molecule has 144 valence electrons. The highest BCUT2D eigenvalue weighted by Crippen LogP contribution is 2.21. The molecular formula is C17H28N5O4+. The fourth-order valence-electron chi connectivity index (χ4n) is 3.84. The number of piperidine rings is 1. The Labute approximate surface area is 153 Å². The molecule has 0 saturated carbocycles. The van der Waals surface area contributed by atoms with Gasteiger partial charge in [-0.2, -0.15) is 0 Å². The van der Waals surface area contributed by atoms with Gasteiger partial charge in [-0.1, -0.05) is 6.42 Å². The van der Waals surface area contributed by atoms with Crippen LogP contribution in [0, 0.1) is 0 Å². The lowest BCUT2D eigenvalue weighted by atomic mass is 10.0. The number of rotatable bonds is 5. The number of imide groups is 1. The van der Waals surface area contributed by atoms with Crippen LogP contribution < -0.4 is 0 Å². The second-order valence-electron chi connectivity index (χ2n) is 7.33. The molecule has 3 rings (SSSR count). The Bertz CT molecular complexity index is 662. The van der Waals surface area contributed by atoms with E-state index in [9.17, 15) is 19.8 Å². The number of carbonyl (C=O) groups is 2. The van der Waals surface area contributed by atoms with Gasteiger partial charge in [-0.05, 0) is 31.3 Å². The molecular weight excluding hydrogens is 338 g/mol. The van der Waals surface area contributed by atoms with Crippen LogP contribution in [0.1, 0.15) is 26.2 Å². The van der Waals surface area contributed by atoms with Gasteiger partial charge >= 0.3 is 11.9 Å². The average Bonchev–Trinajstić information content (AvgIpc) is 2.98. The van der Waals surface area contributed by atoms with Gasteiger partial charge in [-0.3, -0.25) is 19.5 Å². The molecule has 3 amide bonds. The van der Waals surface area contributed by atoms with E-state index in [-0.39, 0.29) is 12.5 Å². The number of hydrogen-bond donors (Lipinski definition) is 2. The summed E-state index contributed by atoms with van der Waals surface area (Å²) >= 11 is 0. The molecule has 0 aliphatic carbocycles. The fourth-order valence-corrected chi connectivity index (χ4v) is 3.84. The largest absolute Gasteiger partial charge is 0.394 e. The summed E-state index contributed by atoms with van der Waals surface area (Å²) in [6, 6.07) is -0.735. The summed E-state index contributed by atoms with van der Waals surface area (Å²) in [7, 11) is 3.05. The summed E-state index contributed by atoms with van der Waals surface area (Å²) in [6.07, 6.45) is 2.46. The van der Waals surface area contributed by atoms with Gasteiger partial charge in [0.05, 0.1) is 6.61 Å². The highest BCUT2D eigenvalue weighted by atomic mass is 16.3. The van der Waals surface area contributed by atoms with E-state index in [0.29, 0.717) is 24.3 Å². The number of amides is 3. The summed E-state index contributed by atoms with van der Waals surface area (Å²) in [5.74, 6) is 0.691. The van der Waals surface area contributed by atoms with Crippen LogP contribution in [0.3, 0.4) is 0 Å². The van der Waals surface area contributed by atoms with E-state index >= 15 is 0 Å². The molecule has 2 fully saturated rings. The molecule has 0 aromatic heterocycles. The molecule has 3 aliphatic rings. The molecule has 2 N–H and O–H groups in total. The molecule has 0 aromatic rings.